The van der Waals surface area contributed by atoms with Crippen LogP contribution >= 0.6 is 15.9 Å². The molecule has 0 radical (unpaired) electrons. The van der Waals surface area contributed by atoms with Gasteiger partial charge in [-0.3, -0.25) is 0 Å². The van der Waals surface area contributed by atoms with Crippen LogP contribution in [0.4, 0.5) is 0 Å². The lowest BCUT2D eigenvalue weighted by Gasteiger charge is -2.13. The molecule has 2 aromatic rings. The topological polar surface area (TPSA) is 39.2 Å². The van der Waals surface area contributed by atoms with Crippen LogP contribution < -0.4 is 5.73 Å². The second-order valence-corrected chi connectivity index (χ2v) is 4.45. The normalized spacial score (nSPS) is 12.7. The first-order valence-electron chi connectivity index (χ1n) is 4.72. The number of benzene rings is 1. The summed E-state index contributed by atoms with van der Waals surface area (Å²) < 4.78 is 6.08. The molecule has 0 aliphatic heterocycles. The van der Waals surface area contributed by atoms with Crippen LogP contribution in [0.1, 0.15) is 22.7 Å². The van der Waals surface area contributed by atoms with Crippen molar-refractivity contribution in [2.45, 2.75) is 13.0 Å². The van der Waals surface area contributed by atoms with Crippen LogP contribution in [0.3, 0.4) is 0 Å². The molecular weight excluding hydrogens is 254 g/mol. The van der Waals surface area contributed by atoms with Gasteiger partial charge in [-0.25, -0.2) is 0 Å². The van der Waals surface area contributed by atoms with Crippen LogP contribution in [0, 0.1) is 6.92 Å². The summed E-state index contributed by atoms with van der Waals surface area (Å²) >= 11 is 3.45. The summed E-state index contributed by atoms with van der Waals surface area (Å²) in [6.07, 6.45) is 3.33. The molecular formula is C12H12BrNO. The van der Waals surface area contributed by atoms with Crippen molar-refractivity contribution in [3.05, 3.63) is 58.0 Å². The van der Waals surface area contributed by atoms with Gasteiger partial charge in [0, 0.05) is 10.0 Å². The standard InChI is InChI=1S/C12H12BrNO/c1-8-2-3-10(13)6-11(8)12(14)9-4-5-15-7-9/h2-7,12H,14H2,1H3. The Morgan fingerprint density at radius 2 is 2.13 bits per heavy atom. The summed E-state index contributed by atoms with van der Waals surface area (Å²) in [4.78, 5) is 0. The molecule has 3 heteroatoms. The highest BCUT2D eigenvalue weighted by atomic mass is 79.9. The molecule has 1 aromatic carbocycles. The van der Waals surface area contributed by atoms with E-state index in [-0.39, 0.29) is 6.04 Å². The highest BCUT2D eigenvalue weighted by molar-refractivity contribution is 9.10. The summed E-state index contributed by atoms with van der Waals surface area (Å²) in [7, 11) is 0. The molecule has 1 heterocycles. The summed E-state index contributed by atoms with van der Waals surface area (Å²) in [6, 6.07) is 7.89. The van der Waals surface area contributed by atoms with Crippen molar-refractivity contribution in [3.63, 3.8) is 0 Å². The van der Waals surface area contributed by atoms with Gasteiger partial charge in [0.2, 0.25) is 0 Å². The number of aryl methyl sites for hydroxylation is 1. The molecule has 1 atom stereocenters. The third-order valence-corrected chi connectivity index (χ3v) is 2.97. The smallest absolute Gasteiger partial charge is 0.0953 e. The second-order valence-electron chi connectivity index (χ2n) is 3.54. The minimum Gasteiger partial charge on any atom is -0.472 e. The first-order chi connectivity index (χ1) is 7.18. The Kier molecular flexibility index (Phi) is 2.93. The molecule has 1 aromatic heterocycles. The lowest BCUT2D eigenvalue weighted by atomic mass is 9.98. The number of rotatable bonds is 2. The van der Waals surface area contributed by atoms with E-state index in [9.17, 15) is 0 Å². The van der Waals surface area contributed by atoms with E-state index in [0.29, 0.717) is 0 Å². The van der Waals surface area contributed by atoms with Gasteiger partial charge in [0.15, 0.2) is 0 Å². The highest BCUT2D eigenvalue weighted by Crippen LogP contribution is 2.25. The molecule has 0 amide bonds. The number of nitrogens with two attached hydrogens (primary N) is 1. The van der Waals surface area contributed by atoms with Crippen LogP contribution in [0.5, 0.6) is 0 Å². The van der Waals surface area contributed by atoms with E-state index in [1.54, 1.807) is 12.5 Å². The zero-order valence-corrected chi connectivity index (χ0v) is 9.99. The fraction of sp³-hybridized carbons (Fsp3) is 0.167. The molecule has 2 nitrogen and oxygen atoms in total. The number of furan rings is 1. The minimum absolute atomic E-state index is 0.124. The first-order valence-corrected chi connectivity index (χ1v) is 5.51. The third-order valence-electron chi connectivity index (χ3n) is 2.48. The van der Waals surface area contributed by atoms with Gasteiger partial charge in [0.25, 0.3) is 0 Å². The summed E-state index contributed by atoms with van der Waals surface area (Å²) in [6.45, 7) is 2.06. The Labute approximate surface area is 97.2 Å². The molecule has 0 aliphatic carbocycles. The largest absolute Gasteiger partial charge is 0.472 e. The maximum atomic E-state index is 6.15. The second kappa shape index (κ2) is 4.21. The van der Waals surface area contributed by atoms with Crippen molar-refractivity contribution >= 4 is 15.9 Å². The van der Waals surface area contributed by atoms with E-state index in [2.05, 4.69) is 28.9 Å². The number of halogens is 1. The molecule has 2 N–H and O–H groups in total. The van der Waals surface area contributed by atoms with E-state index in [0.717, 1.165) is 15.6 Å². The van der Waals surface area contributed by atoms with Gasteiger partial charge in [0.1, 0.15) is 0 Å². The minimum atomic E-state index is -0.124. The Bertz CT molecular complexity index is 451. The summed E-state index contributed by atoms with van der Waals surface area (Å²) in [5, 5.41) is 0. The van der Waals surface area contributed by atoms with Crippen LogP contribution in [0.25, 0.3) is 0 Å². The van der Waals surface area contributed by atoms with Crippen molar-refractivity contribution in [3.8, 4) is 0 Å². The molecule has 0 aliphatic rings. The number of hydrogen-bond acceptors (Lipinski definition) is 2. The van der Waals surface area contributed by atoms with Gasteiger partial charge < -0.3 is 10.2 Å². The zero-order chi connectivity index (χ0) is 10.8. The molecule has 1 unspecified atom stereocenters. The maximum Gasteiger partial charge on any atom is 0.0953 e. The van der Waals surface area contributed by atoms with Gasteiger partial charge in [0.05, 0.1) is 18.6 Å². The lowest BCUT2D eigenvalue weighted by Crippen LogP contribution is -2.12. The van der Waals surface area contributed by atoms with E-state index in [1.165, 1.54) is 5.56 Å². The molecule has 0 bridgehead atoms. The Morgan fingerprint density at radius 3 is 2.80 bits per heavy atom. The lowest BCUT2D eigenvalue weighted by molar-refractivity contribution is 0.562. The summed E-state index contributed by atoms with van der Waals surface area (Å²) in [5.41, 5.74) is 9.45. The van der Waals surface area contributed by atoms with Crippen molar-refractivity contribution in [1.29, 1.82) is 0 Å². The Morgan fingerprint density at radius 1 is 1.33 bits per heavy atom. The van der Waals surface area contributed by atoms with Gasteiger partial charge >= 0.3 is 0 Å². The Hall–Kier alpha value is -1.06. The predicted octanol–water partition coefficient (Wildman–Crippen LogP) is 3.40. The van der Waals surface area contributed by atoms with E-state index >= 15 is 0 Å². The SMILES string of the molecule is Cc1ccc(Br)cc1C(N)c1ccoc1. The van der Waals surface area contributed by atoms with Crippen molar-refractivity contribution in [2.75, 3.05) is 0 Å². The van der Waals surface area contributed by atoms with E-state index in [1.807, 2.05) is 18.2 Å². The molecule has 78 valence electrons. The quantitative estimate of drug-likeness (QED) is 0.904. The van der Waals surface area contributed by atoms with Gasteiger partial charge in [-0.15, -0.1) is 0 Å². The average molecular weight is 266 g/mol. The predicted molar refractivity (Wildman–Crippen MR) is 63.6 cm³/mol. The molecule has 0 fully saturated rings. The van der Waals surface area contributed by atoms with Gasteiger partial charge in [-0.2, -0.15) is 0 Å². The summed E-state index contributed by atoms with van der Waals surface area (Å²) in [5.74, 6) is 0. The van der Waals surface area contributed by atoms with E-state index in [4.69, 9.17) is 10.2 Å². The van der Waals surface area contributed by atoms with Gasteiger partial charge in [-0.05, 0) is 36.2 Å². The average Bonchev–Trinajstić information content (AvgIpc) is 2.74. The fourth-order valence-corrected chi connectivity index (χ4v) is 1.96. The third kappa shape index (κ3) is 2.13. The van der Waals surface area contributed by atoms with Crippen molar-refractivity contribution in [2.24, 2.45) is 5.73 Å². The first kappa shape index (κ1) is 10.5. The van der Waals surface area contributed by atoms with Crippen LogP contribution in [0.15, 0.2) is 45.7 Å². The van der Waals surface area contributed by atoms with Crippen LogP contribution in [-0.2, 0) is 0 Å². The molecule has 0 spiro atoms. The monoisotopic (exact) mass is 265 g/mol. The molecule has 0 saturated carbocycles. The van der Waals surface area contributed by atoms with Crippen molar-refractivity contribution < 1.29 is 4.42 Å². The van der Waals surface area contributed by atoms with Crippen LogP contribution in [-0.4, -0.2) is 0 Å². The van der Waals surface area contributed by atoms with Gasteiger partial charge in [-0.1, -0.05) is 22.0 Å². The van der Waals surface area contributed by atoms with Crippen molar-refractivity contribution in [1.82, 2.24) is 0 Å². The molecule has 2 rings (SSSR count). The van der Waals surface area contributed by atoms with Crippen LogP contribution in [0.2, 0.25) is 0 Å². The maximum absolute atomic E-state index is 6.15. The zero-order valence-electron chi connectivity index (χ0n) is 8.41. The molecule has 0 saturated heterocycles. The molecule has 15 heavy (non-hydrogen) atoms. The van der Waals surface area contributed by atoms with E-state index < -0.39 is 0 Å². The Balaban J connectivity index is 2.41. The number of hydrogen-bond donors (Lipinski definition) is 1. The highest BCUT2D eigenvalue weighted by Gasteiger charge is 2.12. The fourth-order valence-electron chi connectivity index (χ4n) is 1.58.